The SMILES string of the molecule is CCNC(=NCc1ccc(Cl)nc1)NCC1(CC)CCCC1.I. The van der Waals surface area contributed by atoms with E-state index in [1.807, 2.05) is 6.07 Å². The van der Waals surface area contributed by atoms with Gasteiger partial charge in [-0.2, -0.15) is 0 Å². The summed E-state index contributed by atoms with van der Waals surface area (Å²) in [4.78, 5) is 8.74. The average Bonchev–Trinajstić information content (AvgIpc) is 3.01. The summed E-state index contributed by atoms with van der Waals surface area (Å²) in [7, 11) is 0. The zero-order chi connectivity index (χ0) is 15.8. The van der Waals surface area contributed by atoms with E-state index in [1.165, 1.54) is 32.1 Å². The van der Waals surface area contributed by atoms with Crippen LogP contribution in [0.3, 0.4) is 0 Å². The Bertz CT molecular complexity index is 484. The Kier molecular flexibility index (Phi) is 9.20. The molecule has 1 aromatic heterocycles. The van der Waals surface area contributed by atoms with Crippen LogP contribution in [0.25, 0.3) is 0 Å². The topological polar surface area (TPSA) is 49.3 Å². The molecule has 23 heavy (non-hydrogen) atoms. The molecule has 0 radical (unpaired) electrons. The fourth-order valence-corrected chi connectivity index (χ4v) is 3.18. The zero-order valence-corrected chi connectivity index (χ0v) is 17.2. The van der Waals surface area contributed by atoms with Crippen molar-refractivity contribution in [3.63, 3.8) is 0 Å². The van der Waals surface area contributed by atoms with Gasteiger partial charge < -0.3 is 10.6 Å². The van der Waals surface area contributed by atoms with Gasteiger partial charge in [-0.3, -0.25) is 0 Å². The number of halogens is 2. The van der Waals surface area contributed by atoms with E-state index in [2.05, 4.69) is 34.5 Å². The van der Waals surface area contributed by atoms with E-state index in [9.17, 15) is 0 Å². The lowest BCUT2D eigenvalue weighted by Gasteiger charge is -2.28. The average molecular weight is 451 g/mol. The Balaban J connectivity index is 0.00000264. The van der Waals surface area contributed by atoms with Crippen LogP contribution in [0.5, 0.6) is 0 Å². The van der Waals surface area contributed by atoms with Gasteiger partial charge in [-0.15, -0.1) is 24.0 Å². The molecule has 4 nitrogen and oxygen atoms in total. The van der Waals surface area contributed by atoms with Crippen LogP contribution in [0.1, 0.15) is 51.5 Å². The van der Waals surface area contributed by atoms with Crippen LogP contribution < -0.4 is 10.6 Å². The smallest absolute Gasteiger partial charge is 0.191 e. The number of aliphatic imine (C=N–C) groups is 1. The van der Waals surface area contributed by atoms with Gasteiger partial charge in [-0.1, -0.05) is 37.4 Å². The van der Waals surface area contributed by atoms with E-state index in [1.54, 1.807) is 12.3 Å². The molecule has 2 rings (SSSR count). The maximum Gasteiger partial charge on any atom is 0.191 e. The normalized spacial score (nSPS) is 16.7. The highest BCUT2D eigenvalue weighted by Crippen LogP contribution is 2.40. The first-order valence-electron chi connectivity index (χ1n) is 8.30. The molecule has 0 saturated heterocycles. The van der Waals surface area contributed by atoms with Crippen LogP contribution in [0.4, 0.5) is 0 Å². The van der Waals surface area contributed by atoms with Crippen molar-refractivity contribution in [2.45, 2.75) is 52.5 Å². The highest BCUT2D eigenvalue weighted by Gasteiger charge is 2.31. The highest BCUT2D eigenvalue weighted by atomic mass is 127. The molecular formula is C17H28ClIN4. The van der Waals surface area contributed by atoms with Crippen molar-refractivity contribution in [3.8, 4) is 0 Å². The quantitative estimate of drug-likeness (QED) is 0.293. The number of guanidine groups is 1. The summed E-state index contributed by atoms with van der Waals surface area (Å²) in [6, 6.07) is 3.77. The fourth-order valence-electron chi connectivity index (χ4n) is 3.06. The molecule has 1 heterocycles. The maximum absolute atomic E-state index is 5.81. The number of nitrogens with one attached hydrogen (secondary N) is 2. The summed E-state index contributed by atoms with van der Waals surface area (Å²) >= 11 is 5.81. The number of hydrogen-bond donors (Lipinski definition) is 2. The van der Waals surface area contributed by atoms with Crippen LogP contribution in [0.2, 0.25) is 5.15 Å². The number of rotatable bonds is 6. The molecule has 130 valence electrons. The summed E-state index contributed by atoms with van der Waals surface area (Å²) in [5, 5.41) is 7.37. The van der Waals surface area contributed by atoms with E-state index < -0.39 is 0 Å². The molecule has 2 N–H and O–H groups in total. The van der Waals surface area contributed by atoms with Crippen LogP contribution in [0.15, 0.2) is 23.3 Å². The van der Waals surface area contributed by atoms with Gasteiger partial charge in [-0.25, -0.2) is 9.98 Å². The molecule has 0 spiro atoms. The van der Waals surface area contributed by atoms with Crippen LogP contribution in [-0.2, 0) is 6.54 Å². The lowest BCUT2D eigenvalue weighted by molar-refractivity contribution is 0.283. The largest absolute Gasteiger partial charge is 0.357 e. The summed E-state index contributed by atoms with van der Waals surface area (Å²) in [5.41, 5.74) is 1.52. The molecule has 1 fully saturated rings. The Labute approximate surface area is 161 Å². The molecule has 0 unspecified atom stereocenters. The first-order chi connectivity index (χ1) is 10.7. The minimum Gasteiger partial charge on any atom is -0.357 e. The molecule has 1 aliphatic carbocycles. The zero-order valence-electron chi connectivity index (χ0n) is 14.1. The van der Waals surface area contributed by atoms with E-state index >= 15 is 0 Å². The van der Waals surface area contributed by atoms with Crippen LogP contribution in [0, 0.1) is 5.41 Å². The predicted octanol–water partition coefficient (Wildman–Crippen LogP) is 4.38. The second-order valence-electron chi connectivity index (χ2n) is 6.10. The number of aromatic nitrogens is 1. The van der Waals surface area contributed by atoms with Crippen molar-refractivity contribution in [3.05, 3.63) is 29.0 Å². The fraction of sp³-hybridized carbons (Fsp3) is 0.647. The molecule has 1 aliphatic rings. The molecule has 0 bridgehead atoms. The second kappa shape index (κ2) is 10.3. The van der Waals surface area contributed by atoms with E-state index in [4.69, 9.17) is 11.6 Å². The van der Waals surface area contributed by atoms with Gasteiger partial charge >= 0.3 is 0 Å². The van der Waals surface area contributed by atoms with E-state index in [-0.39, 0.29) is 24.0 Å². The van der Waals surface area contributed by atoms with Gasteiger partial charge in [0.15, 0.2) is 5.96 Å². The third-order valence-corrected chi connectivity index (χ3v) is 4.82. The van der Waals surface area contributed by atoms with Gasteiger partial charge in [0.05, 0.1) is 6.54 Å². The van der Waals surface area contributed by atoms with Crippen molar-refractivity contribution < 1.29 is 0 Å². The van der Waals surface area contributed by atoms with Crippen LogP contribution >= 0.6 is 35.6 Å². The number of nitrogens with zero attached hydrogens (tertiary/aromatic N) is 2. The highest BCUT2D eigenvalue weighted by molar-refractivity contribution is 14.0. The molecule has 6 heteroatoms. The first kappa shape index (κ1) is 20.5. The van der Waals surface area contributed by atoms with Crippen molar-refractivity contribution >= 4 is 41.5 Å². The molecule has 0 aromatic carbocycles. The maximum atomic E-state index is 5.81. The van der Waals surface area contributed by atoms with Crippen molar-refractivity contribution in [2.75, 3.05) is 13.1 Å². The summed E-state index contributed by atoms with van der Waals surface area (Å²) in [6.45, 7) is 6.87. The summed E-state index contributed by atoms with van der Waals surface area (Å²) < 4.78 is 0. The Morgan fingerprint density at radius 1 is 1.26 bits per heavy atom. The van der Waals surface area contributed by atoms with Crippen molar-refractivity contribution in [1.29, 1.82) is 0 Å². The minimum absolute atomic E-state index is 0. The Hall–Kier alpha value is -0.560. The lowest BCUT2D eigenvalue weighted by Crippen LogP contribution is -2.42. The molecule has 1 aromatic rings. The molecule has 1 saturated carbocycles. The Morgan fingerprint density at radius 2 is 2.00 bits per heavy atom. The van der Waals surface area contributed by atoms with Crippen LogP contribution in [-0.4, -0.2) is 24.0 Å². The third-order valence-electron chi connectivity index (χ3n) is 4.60. The lowest BCUT2D eigenvalue weighted by atomic mass is 9.83. The van der Waals surface area contributed by atoms with Gasteiger partial charge in [-0.05, 0) is 43.2 Å². The second-order valence-corrected chi connectivity index (χ2v) is 6.49. The van der Waals surface area contributed by atoms with Gasteiger partial charge in [0.1, 0.15) is 5.15 Å². The molecule has 0 amide bonds. The van der Waals surface area contributed by atoms with Gasteiger partial charge in [0.2, 0.25) is 0 Å². The summed E-state index contributed by atoms with van der Waals surface area (Å²) in [5.74, 6) is 0.886. The number of pyridine rings is 1. The predicted molar refractivity (Wildman–Crippen MR) is 109 cm³/mol. The standard InChI is InChI=1S/C17H27ClN4.HI/c1-3-17(9-5-6-10-17)13-22-16(19-4-2)21-12-14-7-8-15(18)20-11-14;/h7-8,11H,3-6,9-10,12-13H2,1-2H3,(H2,19,21,22);1H. The van der Waals surface area contributed by atoms with Gasteiger partial charge in [0.25, 0.3) is 0 Å². The molecule has 0 atom stereocenters. The first-order valence-corrected chi connectivity index (χ1v) is 8.68. The summed E-state index contributed by atoms with van der Waals surface area (Å²) in [6.07, 6.45) is 8.40. The molecule has 0 aliphatic heterocycles. The third kappa shape index (κ3) is 6.45. The van der Waals surface area contributed by atoms with Crippen molar-refractivity contribution in [1.82, 2.24) is 15.6 Å². The monoisotopic (exact) mass is 450 g/mol. The number of hydrogen-bond acceptors (Lipinski definition) is 2. The Morgan fingerprint density at radius 3 is 2.57 bits per heavy atom. The van der Waals surface area contributed by atoms with E-state index in [0.29, 0.717) is 17.1 Å². The van der Waals surface area contributed by atoms with E-state index in [0.717, 1.165) is 24.6 Å². The minimum atomic E-state index is 0. The van der Waals surface area contributed by atoms with Crippen molar-refractivity contribution in [2.24, 2.45) is 10.4 Å². The van der Waals surface area contributed by atoms with Gasteiger partial charge in [0, 0.05) is 19.3 Å². The molecular weight excluding hydrogens is 423 g/mol.